The van der Waals surface area contributed by atoms with Gasteiger partial charge < -0.3 is 15.1 Å². The molecule has 0 spiro atoms. The molecular weight excluding hydrogens is 892 g/mol. The molecule has 0 saturated carbocycles. The quantitative estimate of drug-likeness (QED) is 0.0726. The Balaban J connectivity index is 1.08. The lowest BCUT2D eigenvalue weighted by Gasteiger charge is -2.29. The molecule has 0 radical (unpaired) electrons. The molecule has 61 heavy (non-hydrogen) atoms. The molecular formula is C40H38F3N7O6S5. The third kappa shape index (κ3) is 10.2. The summed E-state index contributed by atoms with van der Waals surface area (Å²) in [5.41, 5.74) is -3.55. The molecule has 0 bridgehead atoms. The Morgan fingerprint density at radius 1 is 1.00 bits per heavy atom. The number of alkyl halides is 3. The van der Waals surface area contributed by atoms with Crippen molar-refractivity contribution in [1.29, 1.82) is 0 Å². The van der Waals surface area contributed by atoms with Gasteiger partial charge in [0.1, 0.15) is 21.9 Å². The predicted molar refractivity (Wildman–Crippen MR) is 232 cm³/mol. The van der Waals surface area contributed by atoms with Crippen LogP contribution < -0.4 is 15.5 Å². The topological polar surface area (TPSA) is 172 Å². The van der Waals surface area contributed by atoms with Crippen LogP contribution in [0.5, 0.6) is 0 Å². The molecule has 13 nitrogen and oxygen atoms in total. The van der Waals surface area contributed by atoms with E-state index in [4.69, 9.17) is 0 Å². The largest absolute Gasteiger partial charge is 0.501 e. The standard InChI is InChI=1S/C40H38F3N7O6S5/c1-49(2)17-15-26(22-57-27-8-4-3-5-9-27)45-31-12-11-28(19-36(31)61(55,56)40(41,42)43)60(53,54)24-34(51)33-23-58-39(47-33)50-18-14-25-7-6-10-29(30(25)21-50)37(52)48-38-46-32-20-44-16-13-35(32)59-38/h3-13,16,19-20,23,26,45H,14-15,17-18,21-22,24H2,1-2H3,(H,46,48,52)/t26-/m1/s1. The molecule has 320 valence electrons. The number of Topliss-reactive ketones (excluding diaryl/α,β-unsaturated/α-hetero) is 1. The molecule has 7 rings (SSSR count). The van der Waals surface area contributed by atoms with E-state index in [1.807, 2.05) is 60.3 Å². The number of anilines is 3. The molecule has 2 N–H and O–H groups in total. The number of thiazole rings is 2. The van der Waals surface area contributed by atoms with Crippen LogP contribution in [0.2, 0.25) is 0 Å². The van der Waals surface area contributed by atoms with Crippen LogP contribution in [0.15, 0.2) is 105 Å². The summed E-state index contributed by atoms with van der Waals surface area (Å²) in [6.07, 6.45) is 4.23. The summed E-state index contributed by atoms with van der Waals surface area (Å²) in [5.74, 6) is -2.11. The third-order valence-electron chi connectivity index (χ3n) is 9.68. The fourth-order valence-electron chi connectivity index (χ4n) is 6.53. The van der Waals surface area contributed by atoms with E-state index >= 15 is 0 Å². The van der Waals surface area contributed by atoms with Gasteiger partial charge in [-0.25, -0.2) is 26.8 Å². The number of amides is 1. The van der Waals surface area contributed by atoms with Crippen molar-refractivity contribution in [3.63, 3.8) is 0 Å². The van der Waals surface area contributed by atoms with Crippen LogP contribution in [-0.4, -0.2) is 98.6 Å². The van der Waals surface area contributed by atoms with Gasteiger partial charge in [0.15, 0.2) is 25.9 Å². The normalized spacial score (nSPS) is 13.9. The molecule has 1 aliphatic heterocycles. The smallest absolute Gasteiger partial charge is 0.380 e. The van der Waals surface area contributed by atoms with Crippen LogP contribution in [0.4, 0.5) is 29.1 Å². The van der Waals surface area contributed by atoms with Gasteiger partial charge in [-0.1, -0.05) is 41.7 Å². The van der Waals surface area contributed by atoms with Crippen LogP contribution in [0.3, 0.4) is 0 Å². The first-order valence-electron chi connectivity index (χ1n) is 18.6. The summed E-state index contributed by atoms with van der Waals surface area (Å²) < 4.78 is 96.3. The highest BCUT2D eigenvalue weighted by molar-refractivity contribution is 7.99. The van der Waals surface area contributed by atoms with Crippen molar-refractivity contribution in [3.05, 3.63) is 113 Å². The maximum atomic E-state index is 14.1. The number of sulfone groups is 2. The van der Waals surface area contributed by atoms with Crippen LogP contribution in [0.1, 0.15) is 38.4 Å². The second-order valence-corrected chi connectivity index (χ2v) is 21.2. The van der Waals surface area contributed by atoms with E-state index in [9.17, 15) is 39.6 Å². The average Bonchev–Trinajstić information content (AvgIpc) is 3.89. The molecule has 6 aromatic rings. The van der Waals surface area contributed by atoms with Crippen molar-refractivity contribution in [3.8, 4) is 0 Å². The Kier molecular flexibility index (Phi) is 13.2. The van der Waals surface area contributed by atoms with E-state index in [0.29, 0.717) is 59.1 Å². The van der Waals surface area contributed by atoms with Gasteiger partial charge >= 0.3 is 5.51 Å². The fourth-order valence-corrected chi connectivity index (χ4v) is 11.5. The predicted octanol–water partition coefficient (Wildman–Crippen LogP) is 7.44. The van der Waals surface area contributed by atoms with E-state index < -0.39 is 58.2 Å². The minimum Gasteiger partial charge on any atom is -0.380 e. The van der Waals surface area contributed by atoms with Gasteiger partial charge in [0.25, 0.3) is 15.7 Å². The lowest BCUT2D eigenvalue weighted by atomic mass is 9.94. The monoisotopic (exact) mass is 929 g/mol. The summed E-state index contributed by atoms with van der Waals surface area (Å²) in [4.78, 5) is 42.4. The second-order valence-electron chi connectivity index (χ2n) is 14.3. The molecule has 3 aromatic carbocycles. The van der Waals surface area contributed by atoms with Crippen molar-refractivity contribution in [1.82, 2.24) is 19.9 Å². The van der Waals surface area contributed by atoms with Gasteiger partial charge in [-0.2, -0.15) is 13.2 Å². The summed E-state index contributed by atoms with van der Waals surface area (Å²) in [6.45, 7) is 1.27. The van der Waals surface area contributed by atoms with Crippen molar-refractivity contribution >= 4 is 92.0 Å². The number of carbonyl (C=O) groups excluding carboxylic acids is 2. The lowest BCUT2D eigenvalue weighted by Crippen LogP contribution is -2.32. The van der Waals surface area contributed by atoms with E-state index in [1.54, 1.807) is 30.6 Å². The number of nitrogens with one attached hydrogen (secondary N) is 2. The number of aromatic nitrogens is 3. The van der Waals surface area contributed by atoms with Gasteiger partial charge in [-0.05, 0) is 87.1 Å². The number of pyridine rings is 1. The molecule has 21 heteroatoms. The number of rotatable bonds is 16. The maximum Gasteiger partial charge on any atom is 0.501 e. The molecule has 4 heterocycles. The number of halogens is 3. The molecule has 0 aliphatic carbocycles. The van der Waals surface area contributed by atoms with Gasteiger partial charge in [0.2, 0.25) is 0 Å². The molecule has 0 saturated heterocycles. The Bertz CT molecular complexity index is 2770. The van der Waals surface area contributed by atoms with E-state index in [0.717, 1.165) is 44.2 Å². The molecule has 0 unspecified atom stereocenters. The zero-order chi connectivity index (χ0) is 43.5. The zero-order valence-electron chi connectivity index (χ0n) is 32.5. The highest BCUT2D eigenvalue weighted by Crippen LogP contribution is 2.37. The van der Waals surface area contributed by atoms with Crippen LogP contribution in [0, 0.1) is 0 Å². The van der Waals surface area contributed by atoms with Crippen LogP contribution in [0.25, 0.3) is 10.2 Å². The summed E-state index contributed by atoms with van der Waals surface area (Å²) in [7, 11) is -7.08. The van der Waals surface area contributed by atoms with Crippen LogP contribution in [-0.2, 0) is 32.6 Å². The number of thioether (sulfide) groups is 1. The van der Waals surface area contributed by atoms with E-state index in [1.165, 1.54) is 28.5 Å². The first-order valence-corrected chi connectivity index (χ1v) is 24.4. The first-order chi connectivity index (χ1) is 29.0. The number of carbonyl (C=O) groups is 2. The second kappa shape index (κ2) is 18.2. The molecule has 0 fully saturated rings. The Morgan fingerprint density at radius 3 is 2.52 bits per heavy atom. The molecule has 3 aromatic heterocycles. The Hall–Kier alpha value is -4.93. The van der Waals surface area contributed by atoms with Gasteiger partial charge in [0.05, 0.1) is 21.5 Å². The van der Waals surface area contributed by atoms with Crippen molar-refractivity contribution < 1.29 is 39.6 Å². The first kappa shape index (κ1) is 44.1. The highest BCUT2D eigenvalue weighted by Gasteiger charge is 2.48. The number of nitrogens with zero attached hydrogens (tertiary/aromatic N) is 5. The number of hydrogen-bond acceptors (Lipinski definition) is 15. The van der Waals surface area contributed by atoms with Gasteiger partial charge in [0, 0.05) is 46.9 Å². The molecule has 1 atom stereocenters. The molecule has 1 aliphatic rings. The fraction of sp³-hybridized carbons (Fsp3) is 0.275. The highest BCUT2D eigenvalue weighted by atomic mass is 32.2. The number of ketones is 1. The minimum absolute atomic E-state index is 0.188. The van der Waals surface area contributed by atoms with Gasteiger partial charge in [-0.3, -0.25) is 19.9 Å². The third-order valence-corrected chi connectivity index (χ3v) is 15.9. The molecule has 1 amide bonds. The van der Waals surface area contributed by atoms with E-state index in [2.05, 4.69) is 25.6 Å². The Morgan fingerprint density at radius 2 is 1.79 bits per heavy atom. The lowest BCUT2D eigenvalue weighted by molar-refractivity contribution is -0.0435. The van der Waals surface area contributed by atoms with Crippen molar-refractivity contribution in [2.45, 2.75) is 45.6 Å². The SMILES string of the molecule is CN(C)CC[C@H](CSc1ccccc1)Nc1ccc(S(=O)(=O)CC(=O)c2csc(N3CCc4cccc(C(=O)Nc5nc6cnccc6s5)c4C3)n2)cc1S(=O)(=O)C(F)(F)F. The summed E-state index contributed by atoms with van der Waals surface area (Å²) >= 11 is 3.84. The number of fused-ring (bicyclic) bond motifs is 2. The van der Waals surface area contributed by atoms with E-state index in [-0.39, 0.29) is 18.1 Å². The summed E-state index contributed by atoms with van der Waals surface area (Å²) in [5, 5.41) is 8.00. The summed E-state index contributed by atoms with van der Waals surface area (Å²) in [6, 6.07) is 18.4. The van der Waals surface area contributed by atoms with Crippen molar-refractivity contribution in [2.24, 2.45) is 0 Å². The maximum absolute atomic E-state index is 14.1. The number of hydrogen-bond donors (Lipinski definition) is 2. The minimum atomic E-state index is -6.05. The Labute approximate surface area is 362 Å². The number of benzene rings is 3. The van der Waals surface area contributed by atoms with Gasteiger partial charge in [-0.15, -0.1) is 23.1 Å². The van der Waals surface area contributed by atoms with Crippen LogP contribution >= 0.6 is 34.4 Å². The van der Waals surface area contributed by atoms with Crippen molar-refractivity contribution in [2.75, 3.05) is 54.2 Å². The zero-order valence-corrected chi connectivity index (χ0v) is 36.6. The average molecular weight is 930 g/mol.